The van der Waals surface area contributed by atoms with Gasteiger partial charge in [-0.2, -0.15) is 0 Å². The second kappa shape index (κ2) is 4.54. The van der Waals surface area contributed by atoms with Crippen LogP contribution in [0.4, 0.5) is 0 Å². The largest absolute Gasteiger partial charge is 0.292 e. The summed E-state index contributed by atoms with van der Waals surface area (Å²) in [5.41, 5.74) is 4.19. The first-order valence-corrected chi connectivity index (χ1v) is 8.36. The van der Waals surface area contributed by atoms with E-state index in [1.807, 2.05) is 0 Å². The van der Waals surface area contributed by atoms with Crippen LogP contribution in [0.2, 0.25) is 0 Å². The summed E-state index contributed by atoms with van der Waals surface area (Å²) in [6.45, 7) is 0. The third kappa shape index (κ3) is 1.59. The summed E-state index contributed by atoms with van der Waals surface area (Å²) in [5.74, 6) is 0. The number of nitrogens with zero attached hydrogens (tertiary/aromatic N) is 3. The molecule has 0 radical (unpaired) electrons. The molecule has 0 fully saturated rings. The number of hydrogen-bond donors (Lipinski definition) is 0. The van der Waals surface area contributed by atoms with Crippen molar-refractivity contribution in [2.24, 2.45) is 0 Å². The molecule has 0 aliphatic heterocycles. The van der Waals surface area contributed by atoms with E-state index in [1.165, 1.54) is 27.1 Å². The van der Waals surface area contributed by atoms with Crippen LogP contribution in [-0.4, -0.2) is 14.4 Å². The summed E-state index contributed by atoms with van der Waals surface area (Å²) in [4.78, 5) is 9.33. The summed E-state index contributed by atoms with van der Waals surface area (Å²) < 4.78 is 2.24. The highest BCUT2D eigenvalue weighted by Gasteiger charge is 2.15. The van der Waals surface area contributed by atoms with Gasteiger partial charge in [0.1, 0.15) is 5.52 Å². The molecule has 0 atom stereocenters. The average Bonchev–Trinajstić information content (AvgIpc) is 3.07. The Bertz CT molecular complexity index is 1440. The third-order valence-electron chi connectivity index (χ3n) is 5.04. The minimum absolute atomic E-state index is 0.904. The normalized spacial score (nSPS) is 12.0. The first-order chi connectivity index (χ1) is 12.4. The molecule has 3 nitrogen and oxygen atoms in total. The number of hydrogen-bond acceptors (Lipinski definition) is 2. The van der Waals surface area contributed by atoms with E-state index in [0.717, 1.165) is 22.1 Å². The first-order valence-electron chi connectivity index (χ1n) is 8.36. The molecule has 0 N–H and O–H groups in total. The van der Waals surface area contributed by atoms with Gasteiger partial charge in [0.25, 0.3) is 0 Å². The smallest absolute Gasteiger partial charge is 0.164 e. The minimum Gasteiger partial charge on any atom is -0.292 e. The van der Waals surface area contributed by atoms with E-state index in [9.17, 15) is 0 Å². The molecule has 0 aliphatic carbocycles. The van der Waals surface area contributed by atoms with Crippen LogP contribution in [0.5, 0.6) is 0 Å². The maximum absolute atomic E-state index is 4.67. The number of benzene rings is 3. The van der Waals surface area contributed by atoms with E-state index in [4.69, 9.17) is 0 Å². The SMILES string of the molecule is c1ccc2c(c1)ccc1c3nccnc3n3c4ccccc4cc3c21. The first kappa shape index (κ1) is 12.9. The van der Waals surface area contributed by atoms with Gasteiger partial charge >= 0.3 is 0 Å². The van der Waals surface area contributed by atoms with Gasteiger partial charge < -0.3 is 0 Å². The van der Waals surface area contributed by atoms with Crippen LogP contribution in [0, 0.1) is 0 Å². The predicted octanol–water partition coefficient (Wildman–Crippen LogP) is 5.34. The average molecular weight is 319 g/mol. The van der Waals surface area contributed by atoms with Gasteiger partial charge in [0.2, 0.25) is 0 Å². The Hall–Kier alpha value is -3.46. The fraction of sp³-hybridized carbons (Fsp3) is 0. The molecule has 0 bridgehead atoms. The number of rotatable bonds is 0. The molecule has 0 saturated carbocycles. The summed E-state index contributed by atoms with van der Waals surface area (Å²) in [7, 11) is 0. The molecule has 25 heavy (non-hydrogen) atoms. The molecule has 6 aromatic rings. The molecular weight excluding hydrogens is 306 g/mol. The van der Waals surface area contributed by atoms with Crippen LogP contribution in [0.1, 0.15) is 0 Å². The number of fused-ring (bicyclic) bond motifs is 10. The second-order valence-electron chi connectivity index (χ2n) is 6.36. The van der Waals surface area contributed by atoms with Crippen molar-refractivity contribution in [2.45, 2.75) is 0 Å². The molecule has 116 valence electrons. The van der Waals surface area contributed by atoms with Crippen LogP contribution >= 0.6 is 0 Å². The molecular formula is C22H13N3. The maximum Gasteiger partial charge on any atom is 0.164 e. The van der Waals surface area contributed by atoms with Gasteiger partial charge in [0.05, 0.1) is 11.0 Å². The lowest BCUT2D eigenvalue weighted by Gasteiger charge is -2.10. The fourth-order valence-corrected chi connectivity index (χ4v) is 4.00. The van der Waals surface area contributed by atoms with E-state index in [0.29, 0.717) is 0 Å². The van der Waals surface area contributed by atoms with Gasteiger partial charge in [-0.1, -0.05) is 54.6 Å². The molecule has 0 spiro atoms. The molecule has 3 heterocycles. The monoisotopic (exact) mass is 319 g/mol. The Morgan fingerprint density at radius 3 is 2.40 bits per heavy atom. The van der Waals surface area contributed by atoms with Crippen molar-refractivity contribution in [3.05, 3.63) is 79.1 Å². The van der Waals surface area contributed by atoms with Crippen LogP contribution in [0.25, 0.3) is 49.1 Å². The van der Waals surface area contributed by atoms with E-state index in [1.54, 1.807) is 12.4 Å². The highest BCUT2D eigenvalue weighted by Crippen LogP contribution is 2.36. The fourth-order valence-electron chi connectivity index (χ4n) is 4.00. The Balaban J connectivity index is 2.08. The maximum atomic E-state index is 4.67. The number of pyridine rings is 1. The van der Waals surface area contributed by atoms with Gasteiger partial charge in [0, 0.05) is 28.6 Å². The molecule has 0 aliphatic rings. The minimum atomic E-state index is 0.904. The molecule has 0 amide bonds. The Kier molecular flexibility index (Phi) is 2.35. The molecule has 3 heteroatoms. The number of aromatic nitrogens is 3. The summed E-state index contributed by atoms with van der Waals surface area (Å²) in [5, 5.41) is 6.10. The molecule has 0 unspecified atom stereocenters. The van der Waals surface area contributed by atoms with Crippen molar-refractivity contribution in [3.8, 4) is 0 Å². The van der Waals surface area contributed by atoms with Gasteiger partial charge in [-0.3, -0.25) is 9.38 Å². The molecule has 3 aromatic carbocycles. The molecule has 3 aromatic heterocycles. The summed E-state index contributed by atoms with van der Waals surface area (Å²) in [6, 6.07) is 23.6. The predicted molar refractivity (Wildman–Crippen MR) is 103 cm³/mol. The van der Waals surface area contributed by atoms with Gasteiger partial charge in [-0.25, -0.2) is 4.98 Å². The highest BCUT2D eigenvalue weighted by atomic mass is 15.0. The van der Waals surface area contributed by atoms with Crippen molar-refractivity contribution < 1.29 is 0 Å². The highest BCUT2D eigenvalue weighted by molar-refractivity contribution is 6.23. The lowest BCUT2D eigenvalue weighted by atomic mass is 10.0. The third-order valence-corrected chi connectivity index (χ3v) is 5.04. The van der Waals surface area contributed by atoms with Gasteiger partial charge in [-0.15, -0.1) is 0 Å². The zero-order valence-corrected chi connectivity index (χ0v) is 13.3. The summed E-state index contributed by atoms with van der Waals surface area (Å²) in [6.07, 6.45) is 3.54. The Morgan fingerprint density at radius 1 is 0.640 bits per heavy atom. The van der Waals surface area contributed by atoms with Crippen LogP contribution in [-0.2, 0) is 0 Å². The zero-order chi connectivity index (χ0) is 16.4. The van der Waals surface area contributed by atoms with Crippen LogP contribution < -0.4 is 0 Å². The topological polar surface area (TPSA) is 30.2 Å². The lowest BCUT2D eigenvalue weighted by Crippen LogP contribution is -1.95. The van der Waals surface area contributed by atoms with Crippen LogP contribution in [0.15, 0.2) is 79.1 Å². The van der Waals surface area contributed by atoms with Crippen LogP contribution in [0.3, 0.4) is 0 Å². The Labute approximate surface area is 143 Å². The summed E-state index contributed by atoms with van der Waals surface area (Å²) >= 11 is 0. The van der Waals surface area contributed by atoms with E-state index < -0.39 is 0 Å². The molecule has 6 rings (SSSR count). The van der Waals surface area contributed by atoms with Gasteiger partial charge in [-0.05, 0) is 22.9 Å². The quantitative estimate of drug-likeness (QED) is 0.354. The van der Waals surface area contributed by atoms with Crippen molar-refractivity contribution in [3.63, 3.8) is 0 Å². The standard InChI is InChI=1S/C22H13N3/c1-3-7-16-14(5-1)9-10-17-20(16)19-13-15-6-2-4-8-18(15)25(19)22-21(17)23-11-12-24-22/h1-13H. The van der Waals surface area contributed by atoms with Crippen molar-refractivity contribution in [2.75, 3.05) is 0 Å². The second-order valence-corrected chi connectivity index (χ2v) is 6.36. The molecule has 0 saturated heterocycles. The van der Waals surface area contributed by atoms with E-state index >= 15 is 0 Å². The van der Waals surface area contributed by atoms with E-state index in [-0.39, 0.29) is 0 Å². The van der Waals surface area contributed by atoms with Gasteiger partial charge in [0.15, 0.2) is 5.65 Å². The van der Waals surface area contributed by atoms with Crippen molar-refractivity contribution >= 4 is 49.1 Å². The van der Waals surface area contributed by atoms with Crippen molar-refractivity contribution in [1.82, 2.24) is 14.4 Å². The zero-order valence-electron chi connectivity index (χ0n) is 13.3. The number of para-hydroxylation sites is 1. The lowest BCUT2D eigenvalue weighted by molar-refractivity contribution is 1.20. The Morgan fingerprint density at radius 2 is 1.44 bits per heavy atom. The van der Waals surface area contributed by atoms with Crippen molar-refractivity contribution in [1.29, 1.82) is 0 Å². The van der Waals surface area contributed by atoms with E-state index in [2.05, 4.69) is 81.1 Å².